The van der Waals surface area contributed by atoms with Gasteiger partial charge in [-0.25, -0.2) is 9.97 Å². The van der Waals surface area contributed by atoms with Crippen molar-refractivity contribution < 1.29 is 4.74 Å². The molecule has 3 heterocycles. The molecule has 7 nitrogen and oxygen atoms in total. The Morgan fingerprint density at radius 1 is 1.04 bits per heavy atom. The Morgan fingerprint density at radius 3 is 2.64 bits per heavy atom. The summed E-state index contributed by atoms with van der Waals surface area (Å²) in [5.74, 6) is 2.25. The Bertz CT molecular complexity index is 1110. The van der Waals surface area contributed by atoms with E-state index in [1.54, 1.807) is 23.3 Å². The maximum Gasteiger partial charge on any atom is 0.164 e. The highest BCUT2D eigenvalue weighted by atomic mass is 16.5. The first-order valence-corrected chi connectivity index (χ1v) is 9.16. The Morgan fingerprint density at radius 2 is 1.86 bits per heavy atom. The first kappa shape index (κ1) is 17.9. The van der Waals surface area contributed by atoms with Crippen LogP contribution in [0.2, 0.25) is 0 Å². The van der Waals surface area contributed by atoms with E-state index in [2.05, 4.69) is 46.4 Å². The van der Waals surface area contributed by atoms with Gasteiger partial charge in [-0.1, -0.05) is 6.07 Å². The molecule has 0 bridgehead atoms. The number of rotatable bonds is 6. The van der Waals surface area contributed by atoms with Gasteiger partial charge in [0.15, 0.2) is 11.5 Å². The van der Waals surface area contributed by atoms with E-state index in [4.69, 9.17) is 9.72 Å². The SMILES string of the molecule is Cc1ccc(OCCNc2nc(-c3ccncc3)nc3c2cnn3C)cc1C. The lowest BCUT2D eigenvalue weighted by molar-refractivity contribution is 0.332. The van der Waals surface area contributed by atoms with Crippen molar-refractivity contribution in [3.8, 4) is 17.1 Å². The smallest absolute Gasteiger partial charge is 0.164 e. The molecular formula is C21H22N6O. The quantitative estimate of drug-likeness (QED) is 0.520. The van der Waals surface area contributed by atoms with Crippen LogP contribution in [0, 0.1) is 13.8 Å². The molecule has 0 atom stereocenters. The van der Waals surface area contributed by atoms with Crippen LogP contribution in [0.25, 0.3) is 22.4 Å². The predicted octanol–water partition coefficient (Wildman–Crippen LogP) is 3.53. The number of hydrogen-bond donors (Lipinski definition) is 1. The van der Waals surface area contributed by atoms with Crippen molar-refractivity contribution in [3.05, 3.63) is 60.0 Å². The van der Waals surface area contributed by atoms with Gasteiger partial charge in [-0.15, -0.1) is 0 Å². The van der Waals surface area contributed by atoms with E-state index < -0.39 is 0 Å². The summed E-state index contributed by atoms with van der Waals surface area (Å²) in [7, 11) is 1.87. The largest absolute Gasteiger partial charge is 0.492 e. The highest BCUT2D eigenvalue weighted by Gasteiger charge is 2.12. The third-order valence-corrected chi connectivity index (χ3v) is 4.67. The maximum atomic E-state index is 5.86. The zero-order valence-corrected chi connectivity index (χ0v) is 16.2. The van der Waals surface area contributed by atoms with Gasteiger partial charge in [0.1, 0.15) is 18.2 Å². The number of nitrogens with zero attached hydrogens (tertiary/aromatic N) is 5. The molecule has 0 saturated carbocycles. The van der Waals surface area contributed by atoms with E-state index in [0.717, 1.165) is 28.2 Å². The third-order valence-electron chi connectivity index (χ3n) is 4.67. The molecule has 4 aromatic rings. The number of anilines is 1. The lowest BCUT2D eigenvalue weighted by atomic mass is 10.1. The Hall–Kier alpha value is -3.48. The number of aromatic nitrogens is 5. The Labute approximate surface area is 163 Å². The van der Waals surface area contributed by atoms with Crippen LogP contribution in [0.15, 0.2) is 48.9 Å². The van der Waals surface area contributed by atoms with Crippen LogP contribution in [-0.4, -0.2) is 37.9 Å². The van der Waals surface area contributed by atoms with Crippen molar-refractivity contribution in [2.24, 2.45) is 7.05 Å². The first-order chi connectivity index (χ1) is 13.6. The van der Waals surface area contributed by atoms with Crippen molar-refractivity contribution in [2.45, 2.75) is 13.8 Å². The number of hydrogen-bond acceptors (Lipinski definition) is 6. The zero-order valence-electron chi connectivity index (χ0n) is 16.2. The second-order valence-electron chi connectivity index (χ2n) is 6.66. The number of nitrogens with one attached hydrogen (secondary N) is 1. The van der Waals surface area contributed by atoms with E-state index in [0.29, 0.717) is 19.0 Å². The van der Waals surface area contributed by atoms with Crippen molar-refractivity contribution in [1.82, 2.24) is 24.7 Å². The molecule has 28 heavy (non-hydrogen) atoms. The molecule has 0 unspecified atom stereocenters. The summed E-state index contributed by atoms with van der Waals surface area (Å²) < 4.78 is 7.61. The Kier molecular flexibility index (Phi) is 4.89. The van der Waals surface area contributed by atoms with Gasteiger partial charge in [-0.3, -0.25) is 9.67 Å². The van der Waals surface area contributed by atoms with Crippen molar-refractivity contribution in [2.75, 3.05) is 18.5 Å². The average molecular weight is 374 g/mol. The number of fused-ring (bicyclic) bond motifs is 1. The van der Waals surface area contributed by atoms with Crippen molar-refractivity contribution >= 4 is 16.9 Å². The fourth-order valence-corrected chi connectivity index (χ4v) is 2.93. The van der Waals surface area contributed by atoms with E-state index in [-0.39, 0.29) is 0 Å². The molecule has 0 fully saturated rings. The highest BCUT2D eigenvalue weighted by Crippen LogP contribution is 2.24. The van der Waals surface area contributed by atoms with Crippen LogP contribution in [0.1, 0.15) is 11.1 Å². The molecule has 0 amide bonds. The summed E-state index contributed by atoms with van der Waals surface area (Å²) in [6.07, 6.45) is 5.24. The molecule has 0 spiro atoms. The predicted molar refractivity (Wildman–Crippen MR) is 109 cm³/mol. The molecule has 4 rings (SSSR count). The zero-order chi connectivity index (χ0) is 19.5. The summed E-state index contributed by atoms with van der Waals surface area (Å²) >= 11 is 0. The maximum absolute atomic E-state index is 5.86. The molecule has 142 valence electrons. The molecule has 3 aromatic heterocycles. The van der Waals surface area contributed by atoms with Crippen LogP contribution in [-0.2, 0) is 7.05 Å². The monoisotopic (exact) mass is 374 g/mol. The first-order valence-electron chi connectivity index (χ1n) is 9.16. The average Bonchev–Trinajstić information content (AvgIpc) is 3.09. The van der Waals surface area contributed by atoms with E-state index in [9.17, 15) is 0 Å². The molecule has 0 aliphatic rings. The lowest BCUT2D eigenvalue weighted by Crippen LogP contribution is -2.13. The molecule has 0 aliphatic carbocycles. The van der Waals surface area contributed by atoms with E-state index >= 15 is 0 Å². The van der Waals surface area contributed by atoms with Crippen LogP contribution in [0.3, 0.4) is 0 Å². The molecule has 0 aliphatic heterocycles. The van der Waals surface area contributed by atoms with Gasteiger partial charge in [-0.2, -0.15) is 5.10 Å². The summed E-state index contributed by atoms with van der Waals surface area (Å²) in [6.45, 7) is 5.32. The van der Waals surface area contributed by atoms with Gasteiger partial charge in [0.05, 0.1) is 18.1 Å². The molecule has 7 heteroatoms. The summed E-state index contributed by atoms with van der Waals surface area (Å²) in [4.78, 5) is 13.4. The molecule has 1 N–H and O–H groups in total. The Balaban J connectivity index is 1.52. The van der Waals surface area contributed by atoms with Gasteiger partial charge in [-0.05, 0) is 49.2 Å². The van der Waals surface area contributed by atoms with Gasteiger partial charge in [0, 0.05) is 25.0 Å². The van der Waals surface area contributed by atoms with Crippen LogP contribution < -0.4 is 10.1 Å². The minimum atomic E-state index is 0.527. The number of pyridine rings is 1. The molecule has 1 aromatic carbocycles. The number of ether oxygens (including phenoxy) is 1. The minimum absolute atomic E-state index is 0.527. The molecule has 0 radical (unpaired) electrons. The van der Waals surface area contributed by atoms with Crippen LogP contribution in [0.4, 0.5) is 5.82 Å². The van der Waals surface area contributed by atoms with Crippen LogP contribution in [0.5, 0.6) is 5.75 Å². The lowest BCUT2D eigenvalue weighted by Gasteiger charge is -2.11. The molecule has 0 saturated heterocycles. The topological polar surface area (TPSA) is 77.8 Å². The van der Waals surface area contributed by atoms with E-state index in [1.165, 1.54) is 11.1 Å². The molecular weight excluding hydrogens is 352 g/mol. The second-order valence-corrected chi connectivity index (χ2v) is 6.66. The van der Waals surface area contributed by atoms with Gasteiger partial charge in [0.25, 0.3) is 0 Å². The normalized spacial score (nSPS) is 11.0. The fourth-order valence-electron chi connectivity index (χ4n) is 2.93. The summed E-state index contributed by atoms with van der Waals surface area (Å²) in [6, 6.07) is 9.91. The van der Waals surface area contributed by atoms with Crippen molar-refractivity contribution in [3.63, 3.8) is 0 Å². The number of aryl methyl sites for hydroxylation is 3. The minimum Gasteiger partial charge on any atom is -0.492 e. The van der Waals surface area contributed by atoms with Gasteiger partial charge in [0.2, 0.25) is 0 Å². The van der Waals surface area contributed by atoms with E-state index in [1.807, 2.05) is 25.2 Å². The highest BCUT2D eigenvalue weighted by molar-refractivity contribution is 5.88. The fraction of sp³-hybridized carbons (Fsp3) is 0.238. The standard InChI is InChI=1S/C21H22N6O/c1-14-4-5-17(12-15(14)2)28-11-10-23-20-18-13-24-27(3)21(18)26-19(25-20)16-6-8-22-9-7-16/h4-9,12-13H,10-11H2,1-3H3,(H,23,25,26). The third kappa shape index (κ3) is 3.64. The summed E-state index contributed by atoms with van der Waals surface area (Å²) in [5.41, 5.74) is 4.17. The summed E-state index contributed by atoms with van der Waals surface area (Å²) in [5, 5.41) is 8.56. The number of benzene rings is 1. The van der Waals surface area contributed by atoms with Crippen molar-refractivity contribution in [1.29, 1.82) is 0 Å². The van der Waals surface area contributed by atoms with Gasteiger partial charge < -0.3 is 10.1 Å². The van der Waals surface area contributed by atoms with Crippen LogP contribution >= 0.6 is 0 Å². The van der Waals surface area contributed by atoms with Gasteiger partial charge >= 0.3 is 0 Å². The second kappa shape index (κ2) is 7.64.